The van der Waals surface area contributed by atoms with E-state index in [1.807, 2.05) is 30.3 Å². The van der Waals surface area contributed by atoms with E-state index in [0.717, 1.165) is 16.3 Å². The van der Waals surface area contributed by atoms with Crippen molar-refractivity contribution in [1.82, 2.24) is 0 Å². The fraction of sp³-hybridized carbons (Fsp3) is 0.133. The molecule has 90 valence electrons. The highest BCUT2D eigenvalue weighted by Crippen LogP contribution is 2.36. The molecule has 0 radical (unpaired) electrons. The Kier molecular flexibility index (Phi) is 2.92. The molecule has 18 heavy (non-hydrogen) atoms. The second kappa shape index (κ2) is 4.58. The number of fused-ring (bicyclic) bond motifs is 1. The molecular formula is C15H11BrO2. The smallest absolute Gasteiger partial charge is 0.318 e. The lowest BCUT2D eigenvalue weighted by Crippen LogP contribution is -2.05. The number of rotatable bonds is 1. The van der Waals surface area contributed by atoms with Gasteiger partial charge in [-0.25, -0.2) is 0 Å². The predicted octanol–water partition coefficient (Wildman–Crippen LogP) is 4.11. The quantitative estimate of drug-likeness (QED) is 0.741. The zero-order valence-electron chi connectivity index (χ0n) is 9.60. The monoisotopic (exact) mass is 302 g/mol. The molecule has 0 saturated carbocycles. The van der Waals surface area contributed by atoms with E-state index >= 15 is 0 Å². The maximum absolute atomic E-state index is 11.9. The Balaban J connectivity index is 2.13. The summed E-state index contributed by atoms with van der Waals surface area (Å²) in [5.74, 6) is 0.329. The second-order valence-electron chi connectivity index (χ2n) is 4.32. The third-order valence-corrected chi connectivity index (χ3v) is 3.75. The fourth-order valence-corrected chi connectivity index (χ4v) is 2.66. The molecule has 1 aliphatic heterocycles. The number of hydrogen-bond acceptors (Lipinski definition) is 2. The van der Waals surface area contributed by atoms with Crippen molar-refractivity contribution in [2.24, 2.45) is 0 Å². The van der Waals surface area contributed by atoms with Gasteiger partial charge in [-0.15, -0.1) is 0 Å². The van der Waals surface area contributed by atoms with E-state index in [-0.39, 0.29) is 11.9 Å². The van der Waals surface area contributed by atoms with E-state index in [1.165, 1.54) is 0 Å². The third-order valence-electron chi connectivity index (χ3n) is 3.24. The predicted molar refractivity (Wildman–Crippen MR) is 74.4 cm³/mol. The lowest BCUT2D eigenvalue weighted by atomic mass is 9.92. The van der Waals surface area contributed by atoms with E-state index in [9.17, 15) is 4.79 Å². The first-order chi connectivity index (χ1) is 8.79. The van der Waals surface area contributed by atoms with Crippen molar-refractivity contribution in [3.63, 3.8) is 0 Å². The molecule has 0 unspecified atom stereocenters. The molecule has 2 aromatic rings. The molecule has 1 saturated heterocycles. The van der Waals surface area contributed by atoms with Crippen LogP contribution in [0.1, 0.15) is 17.9 Å². The number of esters is 1. The Morgan fingerprint density at radius 3 is 2.72 bits per heavy atom. The fourth-order valence-electron chi connectivity index (χ4n) is 2.38. The minimum atomic E-state index is -0.195. The summed E-state index contributed by atoms with van der Waals surface area (Å²) in [5.41, 5.74) is 1.04. The maximum atomic E-state index is 11.9. The molecule has 1 fully saturated rings. The average molecular weight is 303 g/mol. The third kappa shape index (κ3) is 1.85. The summed E-state index contributed by atoms with van der Waals surface area (Å²) in [6, 6.07) is 14.1. The zero-order chi connectivity index (χ0) is 12.5. The summed E-state index contributed by atoms with van der Waals surface area (Å²) in [6.45, 7) is 0. The van der Waals surface area contributed by atoms with Crippen molar-refractivity contribution >= 4 is 32.7 Å². The molecule has 0 aliphatic carbocycles. The van der Waals surface area contributed by atoms with E-state index in [2.05, 4.69) is 28.1 Å². The van der Waals surface area contributed by atoms with Gasteiger partial charge in [-0.05, 0) is 16.3 Å². The summed E-state index contributed by atoms with van der Waals surface area (Å²) in [7, 11) is 0. The topological polar surface area (TPSA) is 26.3 Å². The Morgan fingerprint density at radius 2 is 1.94 bits per heavy atom. The van der Waals surface area contributed by atoms with E-state index in [4.69, 9.17) is 4.74 Å². The molecular weight excluding hydrogens is 292 g/mol. The van der Waals surface area contributed by atoms with Crippen LogP contribution in [0.25, 0.3) is 10.8 Å². The molecule has 1 aliphatic rings. The zero-order valence-corrected chi connectivity index (χ0v) is 11.2. The number of carbonyl (C=O) groups is 1. The number of allylic oxidation sites excluding steroid dienone is 1. The number of ether oxygens (including phenoxy) is 1. The number of halogens is 1. The van der Waals surface area contributed by atoms with Gasteiger partial charge in [-0.3, -0.25) is 4.79 Å². The van der Waals surface area contributed by atoms with Crippen molar-refractivity contribution in [3.8, 4) is 0 Å². The summed E-state index contributed by atoms with van der Waals surface area (Å²) in [6.07, 6.45) is 0.623. The minimum absolute atomic E-state index is 0.169. The highest BCUT2D eigenvalue weighted by atomic mass is 79.9. The molecule has 3 heteroatoms. The molecule has 0 spiro atoms. The van der Waals surface area contributed by atoms with Crippen molar-refractivity contribution in [1.29, 1.82) is 0 Å². The van der Waals surface area contributed by atoms with Gasteiger partial charge in [0.25, 0.3) is 0 Å². The van der Waals surface area contributed by atoms with Crippen molar-refractivity contribution in [3.05, 3.63) is 58.8 Å². The van der Waals surface area contributed by atoms with Crippen LogP contribution in [0.4, 0.5) is 0 Å². The largest absolute Gasteiger partial charge is 0.430 e. The van der Waals surface area contributed by atoms with Gasteiger partial charge in [0, 0.05) is 11.4 Å². The van der Waals surface area contributed by atoms with Crippen LogP contribution in [-0.4, -0.2) is 5.97 Å². The molecule has 2 aromatic carbocycles. The molecule has 0 bridgehead atoms. The Labute approximate surface area is 113 Å². The lowest BCUT2D eigenvalue weighted by Gasteiger charge is -2.09. The summed E-state index contributed by atoms with van der Waals surface area (Å²) < 4.78 is 5.20. The lowest BCUT2D eigenvalue weighted by molar-refractivity contribution is -0.136. The summed E-state index contributed by atoms with van der Waals surface area (Å²) in [5, 5.41) is 2.27. The van der Waals surface area contributed by atoms with Gasteiger partial charge in [-0.1, -0.05) is 58.4 Å². The molecule has 2 nitrogen and oxygen atoms in total. The van der Waals surface area contributed by atoms with Crippen LogP contribution in [0.3, 0.4) is 0 Å². The van der Waals surface area contributed by atoms with Crippen LogP contribution < -0.4 is 0 Å². The van der Waals surface area contributed by atoms with Gasteiger partial charge in [-0.2, -0.15) is 0 Å². The number of benzene rings is 2. The van der Waals surface area contributed by atoms with Crippen molar-refractivity contribution < 1.29 is 9.53 Å². The van der Waals surface area contributed by atoms with Crippen LogP contribution in [0.2, 0.25) is 0 Å². The molecule has 1 heterocycles. The number of cyclic esters (lactones) is 1. The van der Waals surface area contributed by atoms with Crippen molar-refractivity contribution in [2.75, 3.05) is 0 Å². The van der Waals surface area contributed by atoms with Crippen LogP contribution >= 0.6 is 15.9 Å². The first kappa shape index (κ1) is 11.5. The highest BCUT2D eigenvalue weighted by Gasteiger charge is 2.32. The Hall–Kier alpha value is -1.61. The van der Waals surface area contributed by atoms with Gasteiger partial charge in [0.15, 0.2) is 0 Å². The first-order valence-corrected chi connectivity index (χ1v) is 6.70. The van der Waals surface area contributed by atoms with E-state index in [1.54, 1.807) is 4.99 Å². The van der Waals surface area contributed by atoms with Crippen molar-refractivity contribution in [2.45, 2.75) is 12.3 Å². The molecule has 3 rings (SSSR count). The average Bonchev–Trinajstić information content (AvgIpc) is 2.79. The second-order valence-corrected chi connectivity index (χ2v) is 4.78. The van der Waals surface area contributed by atoms with Gasteiger partial charge in [0.1, 0.15) is 5.76 Å². The SMILES string of the molecule is O=C1O/C(=C/Br)C[C@H]1c1cccc2ccccc12. The maximum Gasteiger partial charge on any atom is 0.318 e. The number of carbonyl (C=O) groups excluding carboxylic acids is 1. The van der Waals surface area contributed by atoms with Crippen LogP contribution in [0.15, 0.2) is 53.2 Å². The molecule has 1 atom stereocenters. The Bertz CT molecular complexity index is 640. The Morgan fingerprint density at radius 1 is 1.17 bits per heavy atom. The summed E-state index contributed by atoms with van der Waals surface area (Å²) >= 11 is 3.21. The molecule has 0 amide bonds. The standard InChI is InChI=1S/C15H11BrO2/c16-9-11-8-14(15(17)18-11)13-7-3-5-10-4-1-2-6-12(10)13/h1-7,9,14H,8H2/b11-9+/t14-/m0/s1. The van der Waals surface area contributed by atoms with Crippen LogP contribution in [-0.2, 0) is 9.53 Å². The van der Waals surface area contributed by atoms with Crippen LogP contribution in [0, 0.1) is 0 Å². The van der Waals surface area contributed by atoms with E-state index < -0.39 is 0 Å². The highest BCUT2D eigenvalue weighted by molar-refractivity contribution is 9.11. The van der Waals surface area contributed by atoms with Gasteiger partial charge in [0.2, 0.25) is 0 Å². The number of hydrogen-bond donors (Lipinski definition) is 0. The first-order valence-electron chi connectivity index (χ1n) is 5.78. The van der Waals surface area contributed by atoms with E-state index in [0.29, 0.717) is 12.2 Å². The minimum Gasteiger partial charge on any atom is -0.430 e. The normalized spacial score (nSPS) is 21.5. The molecule has 0 N–H and O–H groups in total. The van der Waals surface area contributed by atoms with Gasteiger partial charge < -0.3 is 4.74 Å². The summed E-state index contributed by atoms with van der Waals surface area (Å²) in [4.78, 5) is 13.6. The van der Waals surface area contributed by atoms with Gasteiger partial charge in [0.05, 0.1) is 5.92 Å². The van der Waals surface area contributed by atoms with Crippen LogP contribution in [0.5, 0.6) is 0 Å². The van der Waals surface area contributed by atoms with Gasteiger partial charge >= 0.3 is 5.97 Å². The molecule has 0 aromatic heterocycles.